The van der Waals surface area contributed by atoms with Crippen molar-refractivity contribution >= 4 is 13.7 Å². The molecule has 0 aliphatic heterocycles. The van der Waals surface area contributed by atoms with Crippen molar-refractivity contribution in [2.24, 2.45) is 5.73 Å². The van der Waals surface area contributed by atoms with Gasteiger partial charge in [0, 0.05) is 13.0 Å². The summed E-state index contributed by atoms with van der Waals surface area (Å²) in [6.07, 6.45) is 39.5. The van der Waals surface area contributed by atoms with Crippen molar-refractivity contribution in [3.63, 3.8) is 0 Å². The van der Waals surface area contributed by atoms with Gasteiger partial charge in [-0.3, -0.25) is 13.8 Å². The Morgan fingerprint density at radius 3 is 1.93 bits per heavy atom. The summed E-state index contributed by atoms with van der Waals surface area (Å²) in [5, 5.41) is 13.4. The molecule has 0 saturated carbocycles. The number of hydrogen-bond donors (Lipinski definition) is 4. The molecule has 1 amide bonds. The van der Waals surface area contributed by atoms with Gasteiger partial charge >= 0.3 is 7.82 Å². The Bertz CT molecular complexity index is 955. The molecule has 5 N–H and O–H groups in total. The Morgan fingerprint density at radius 2 is 1.34 bits per heavy atom. The Kier molecular flexibility index (Phi) is 29.1. The van der Waals surface area contributed by atoms with Gasteiger partial charge < -0.3 is 21.1 Å². The number of aliphatic hydroxyl groups excluding tert-OH is 1. The van der Waals surface area contributed by atoms with Crippen LogP contribution in [0.1, 0.15) is 97.3 Å². The van der Waals surface area contributed by atoms with E-state index in [4.69, 9.17) is 14.8 Å². The maximum atomic E-state index is 12.6. The maximum Gasteiger partial charge on any atom is 0.472 e. The molecule has 0 aromatic carbocycles. The van der Waals surface area contributed by atoms with Gasteiger partial charge in [-0.1, -0.05) is 118 Å². The molecule has 0 aromatic rings. The summed E-state index contributed by atoms with van der Waals surface area (Å²) in [4.78, 5) is 22.4. The molecule has 0 aromatic heterocycles. The zero-order valence-electron chi connectivity index (χ0n) is 27.1. The van der Waals surface area contributed by atoms with Crippen LogP contribution < -0.4 is 11.1 Å². The minimum Gasteiger partial charge on any atom is -0.387 e. The van der Waals surface area contributed by atoms with Crippen LogP contribution in [0.3, 0.4) is 0 Å². The molecule has 44 heavy (non-hydrogen) atoms. The summed E-state index contributed by atoms with van der Waals surface area (Å²) >= 11 is 0. The molecule has 0 aliphatic carbocycles. The second-order valence-electron chi connectivity index (χ2n) is 10.3. The molecule has 0 aliphatic rings. The van der Waals surface area contributed by atoms with Crippen LogP contribution in [-0.4, -0.2) is 47.8 Å². The van der Waals surface area contributed by atoms with Crippen LogP contribution in [0.15, 0.2) is 85.1 Å². The highest BCUT2D eigenvalue weighted by molar-refractivity contribution is 7.47. The van der Waals surface area contributed by atoms with Gasteiger partial charge in [-0.2, -0.15) is 0 Å². The lowest BCUT2D eigenvalue weighted by Gasteiger charge is -2.23. The number of unbranched alkanes of at least 4 members (excludes halogenated alkanes) is 5. The largest absolute Gasteiger partial charge is 0.472 e. The van der Waals surface area contributed by atoms with Crippen molar-refractivity contribution in [2.45, 2.75) is 109 Å². The van der Waals surface area contributed by atoms with Gasteiger partial charge in [0.05, 0.1) is 25.4 Å². The highest BCUT2D eigenvalue weighted by atomic mass is 31.2. The highest BCUT2D eigenvalue weighted by Crippen LogP contribution is 2.43. The van der Waals surface area contributed by atoms with E-state index in [1.54, 1.807) is 12.2 Å². The first-order valence-corrected chi connectivity index (χ1v) is 17.7. The van der Waals surface area contributed by atoms with Gasteiger partial charge in [0.15, 0.2) is 0 Å². The van der Waals surface area contributed by atoms with Crippen molar-refractivity contribution in [1.29, 1.82) is 0 Å². The minimum atomic E-state index is -4.36. The second kappa shape index (κ2) is 30.7. The number of phosphoric ester groups is 1. The fourth-order valence-electron chi connectivity index (χ4n) is 3.80. The van der Waals surface area contributed by atoms with E-state index in [0.29, 0.717) is 6.42 Å². The molecular formula is C35H59N2O6P. The molecule has 0 radical (unpaired) electrons. The number of carbonyl (C=O) groups is 1. The first-order valence-electron chi connectivity index (χ1n) is 16.2. The third kappa shape index (κ3) is 28.5. The molecule has 0 spiro atoms. The van der Waals surface area contributed by atoms with Crippen LogP contribution in [0.25, 0.3) is 0 Å². The molecule has 0 bridgehead atoms. The van der Waals surface area contributed by atoms with Crippen LogP contribution >= 0.6 is 7.82 Å². The Balaban J connectivity index is 4.65. The number of carbonyl (C=O) groups excluding carboxylic acids is 1. The predicted octanol–water partition coefficient (Wildman–Crippen LogP) is 7.93. The van der Waals surface area contributed by atoms with E-state index in [9.17, 15) is 19.4 Å². The zero-order valence-corrected chi connectivity index (χ0v) is 28.0. The van der Waals surface area contributed by atoms with E-state index >= 15 is 0 Å². The van der Waals surface area contributed by atoms with Crippen LogP contribution in [0, 0.1) is 0 Å². The number of nitrogens with two attached hydrogens (primary N) is 1. The molecule has 0 saturated heterocycles. The molecule has 250 valence electrons. The average molecular weight is 635 g/mol. The molecular weight excluding hydrogens is 575 g/mol. The van der Waals surface area contributed by atoms with E-state index in [2.05, 4.69) is 73.8 Å². The van der Waals surface area contributed by atoms with Gasteiger partial charge in [0.1, 0.15) is 0 Å². The van der Waals surface area contributed by atoms with Gasteiger partial charge in [0.2, 0.25) is 5.91 Å². The number of phosphoric acid groups is 1. The second-order valence-corrected chi connectivity index (χ2v) is 11.7. The third-order valence-electron chi connectivity index (χ3n) is 6.23. The number of allylic oxidation sites excluding steroid dienone is 12. The summed E-state index contributed by atoms with van der Waals surface area (Å²) in [5.41, 5.74) is 5.32. The summed E-state index contributed by atoms with van der Waals surface area (Å²) in [5.74, 6) is -0.339. The normalized spacial score (nSPS) is 15.7. The van der Waals surface area contributed by atoms with Crippen molar-refractivity contribution in [3.05, 3.63) is 85.1 Å². The molecule has 0 rings (SSSR count). The van der Waals surface area contributed by atoms with Crippen LogP contribution in [0.5, 0.6) is 0 Å². The standard InChI is InChI=1S/C35H59N2O6P/c1-3-5-7-9-11-13-15-16-17-18-19-21-23-25-27-29-35(39)37-33(32-43-44(40,41)42-31-30-36)34(38)28-26-24-22-20-14-12-10-8-6-4-2/h5,7,11,13-14,16-17,19-21,25-28,33-34,38H,3-4,6,8-10,12,15,18,22-24,29-32,36H2,1-2H3,(H,37,39)(H,40,41)/b7-5-,13-11-,17-16-,20-14+,21-19-,27-25-,28-26+. The molecule has 0 heterocycles. The van der Waals surface area contributed by atoms with Crippen molar-refractivity contribution < 1.29 is 28.4 Å². The Labute approximate surface area is 267 Å². The van der Waals surface area contributed by atoms with Crippen molar-refractivity contribution in [2.75, 3.05) is 19.8 Å². The van der Waals surface area contributed by atoms with Gasteiger partial charge in [-0.05, 0) is 57.8 Å². The lowest BCUT2D eigenvalue weighted by molar-refractivity contribution is -0.122. The molecule has 8 nitrogen and oxygen atoms in total. The summed E-state index contributed by atoms with van der Waals surface area (Å²) in [6, 6.07) is -0.933. The van der Waals surface area contributed by atoms with Gasteiger partial charge in [-0.15, -0.1) is 0 Å². The van der Waals surface area contributed by atoms with E-state index in [-0.39, 0.29) is 25.5 Å². The molecule has 3 atom stereocenters. The highest BCUT2D eigenvalue weighted by Gasteiger charge is 2.26. The maximum absolute atomic E-state index is 12.6. The number of rotatable bonds is 28. The Hall–Kier alpha value is -2.32. The fraction of sp³-hybridized carbons (Fsp3) is 0.571. The van der Waals surface area contributed by atoms with Crippen molar-refractivity contribution in [1.82, 2.24) is 5.32 Å². The first kappa shape index (κ1) is 41.7. The summed E-state index contributed by atoms with van der Waals surface area (Å²) in [6.45, 7) is 3.83. The van der Waals surface area contributed by atoms with E-state index in [0.717, 1.165) is 44.9 Å². The van der Waals surface area contributed by atoms with E-state index in [1.165, 1.54) is 25.7 Å². The quantitative estimate of drug-likeness (QED) is 0.0390. The summed E-state index contributed by atoms with van der Waals surface area (Å²) < 4.78 is 21.8. The van der Waals surface area contributed by atoms with E-state index < -0.39 is 26.6 Å². The lowest BCUT2D eigenvalue weighted by Crippen LogP contribution is -2.45. The minimum absolute atomic E-state index is 0.0554. The molecule has 3 unspecified atom stereocenters. The van der Waals surface area contributed by atoms with Crippen LogP contribution in [0.4, 0.5) is 0 Å². The first-order chi connectivity index (χ1) is 21.4. The van der Waals surface area contributed by atoms with Crippen LogP contribution in [-0.2, 0) is 18.4 Å². The van der Waals surface area contributed by atoms with E-state index in [1.807, 2.05) is 18.2 Å². The lowest BCUT2D eigenvalue weighted by atomic mass is 10.1. The third-order valence-corrected chi connectivity index (χ3v) is 7.22. The fourth-order valence-corrected chi connectivity index (χ4v) is 4.56. The molecule has 0 fully saturated rings. The SMILES string of the molecule is CC/C=C\C/C=C\C/C=C\C/C=C\C/C=C\CC(=O)NC(COP(=O)(O)OCCN)C(O)/C=C/CC/C=C/CCCCCC. The number of hydrogen-bond acceptors (Lipinski definition) is 6. The van der Waals surface area contributed by atoms with Gasteiger partial charge in [-0.25, -0.2) is 4.57 Å². The predicted molar refractivity (Wildman–Crippen MR) is 184 cm³/mol. The van der Waals surface area contributed by atoms with Crippen molar-refractivity contribution in [3.8, 4) is 0 Å². The van der Waals surface area contributed by atoms with Crippen LogP contribution in [0.2, 0.25) is 0 Å². The summed E-state index contributed by atoms with van der Waals surface area (Å²) in [7, 11) is -4.36. The number of amides is 1. The number of aliphatic hydroxyl groups is 1. The van der Waals surface area contributed by atoms with Gasteiger partial charge in [0.25, 0.3) is 0 Å². The average Bonchev–Trinajstić information content (AvgIpc) is 3.01. The Morgan fingerprint density at radius 1 is 0.773 bits per heavy atom. The monoisotopic (exact) mass is 634 g/mol. The topological polar surface area (TPSA) is 131 Å². The molecule has 9 heteroatoms. The zero-order chi connectivity index (χ0) is 32.6. The number of nitrogens with one attached hydrogen (secondary N) is 1. The smallest absolute Gasteiger partial charge is 0.387 e.